The van der Waals surface area contributed by atoms with E-state index in [0.717, 1.165) is 6.20 Å². The first-order valence-electron chi connectivity index (χ1n) is 5.51. The van der Waals surface area contributed by atoms with Gasteiger partial charge in [-0.25, -0.2) is 14.2 Å². The molecule has 0 aliphatic heterocycles. The number of carbonyl (C=O) groups is 1. The Morgan fingerprint density at radius 2 is 2.00 bits per heavy atom. The number of pyridine rings is 1. The minimum Gasteiger partial charge on any atom is -0.495 e. The van der Waals surface area contributed by atoms with Crippen LogP contribution in [0.2, 0.25) is 0 Å². The van der Waals surface area contributed by atoms with Crippen LogP contribution in [0.5, 0.6) is 5.75 Å². The number of ether oxygens (including phenoxy) is 1. The molecule has 2 N–H and O–H groups in total. The van der Waals surface area contributed by atoms with Gasteiger partial charge < -0.3 is 10.1 Å². The van der Waals surface area contributed by atoms with Crippen LogP contribution >= 0.6 is 0 Å². The zero-order chi connectivity index (χ0) is 13.7. The third kappa shape index (κ3) is 3.41. The first kappa shape index (κ1) is 12.8. The highest BCUT2D eigenvalue weighted by atomic mass is 19.1. The minimum atomic E-state index is -0.483. The van der Waals surface area contributed by atoms with Gasteiger partial charge >= 0.3 is 6.03 Å². The van der Waals surface area contributed by atoms with E-state index >= 15 is 0 Å². The number of carbonyl (C=O) groups excluding carboxylic acids is 1. The van der Waals surface area contributed by atoms with Crippen molar-refractivity contribution in [3.8, 4) is 5.75 Å². The summed E-state index contributed by atoms with van der Waals surface area (Å²) in [5, 5.41) is 5.10. The molecule has 0 atom stereocenters. The lowest BCUT2D eigenvalue weighted by molar-refractivity contribution is 0.262. The number of halogens is 1. The molecule has 1 aromatic heterocycles. The Morgan fingerprint density at radius 1 is 1.21 bits per heavy atom. The summed E-state index contributed by atoms with van der Waals surface area (Å²) in [6.45, 7) is 0. The van der Waals surface area contributed by atoms with Crippen LogP contribution in [0.25, 0.3) is 0 Å². The summed E-state index contributed by atoms with van der Waals surface area (Å²) in [5.41, 5.74) is 0.532. The van der Waals surface area contributed by atoms with Gasteiger partial charge in [0.05, 0.1) is 19.0 Å². The molecule has 0 aliphatic carbocycles. The van der Waals surface area contributed by atoms with E-state index in [-0.39, 0.29) is 5.82 Å². The summed E-state index contributed by atoms with van der Waals surface area (Å²) in [6, 6.07) is 9.10. The molecule has 0 unspecified atom stereocenters. The predicted octanol–water partition coefficient (Wildman–Crippen LogP) is 2.87. The van der Waals surface area contributed by atoms with Gasteiger partial charge in [0.25, 0.3) is 0 Å². The number of amides is 2. The monoisotopic (exact) mass is 261 g/mol. The molecule has 0 saturated carbocycles. The molecule has 1 aromatic carbocycles. The van der Waals surface area contributed by atoms with Crippen molar-refractivity contribution in [2.75, 3.05) is 17.7 Å². The lowest BCUT2D eigenvalue weighted by Crippen LogP contribution is -2.20. The number of hydrogen-bond acceptors (Lipinski definition) is 3. The molecule has 98 valence electrons. The molecule has 0 bridgehead atoms. The fourth-order valence-corrected chi connectivity index (χ4v) is 1.47. The predicted molar refractivity (Wildman–Crippen MR) is 69.8 cm³/mol. The number of hydrogen-bond donors (Lipinski definition) is 2. The summed E-state index contributed by atoms with van der Waals surface area (Å²) in [7, 11) is 1.51. The van der Waals surface area contributed by atoms with Crippen LogP contribution in [0.3, 0.4) is 0 Å². The molecule has 0 aliphatic rings. The third-order valence-electron chi connectivity index (χ3n) is 2.32. The Bertz CT molecular complexity index is 572. The highest BCUT2D eigenvalue weighted by Crippen LogP contribution is 2.23. The fraction of sp³-hybridized carbons (Fsp3) is 0.0769. The van der Waals surface area contributed by atoms with Gasteiger partial charge in [-0.3, -0.25) is 5.32 Å². The van der Waals surface area contributed by atoms with Crippen molar-refractivity contribution < 1.29 is 13.9 Å². The van der Waals surface area contributed by atoms with Crippen LogP contribution in [-0.4, -0.2) is 18.1 Å². The van der Waals surface area contributed by atoms with Crippen molar-refractivity contribution >= 4 is 17.5 Å². The van der Waals surface area contributed by atoms with E-state index in [0.29, 0.717) is 11.4 Å². The second kappa shape index (κ2) is 5.81. The maximum Gasteiger partial charge on any atom is 0.324 e. The van der Waals surface area contributed by atoms with E-state index in [9.17, 15) is 9.18 Å². The van der Waals surface area contributed by atoms with E-state index in [2.05, 4.69) is 15.6 Å². The van der Waals surface area contributed by atoms with Crippen LogP contribution in [0.4, 0.5) is 20.7 Å². The van der Waals surface area contributed by atoms with E-state index in [1.807, 2.05) is 0 Å². The van der Waals surface area contributed by atoms with Crippen LogP contribution in [0.1, 0.15) is 0 Å². The first-order chi connectivity index (χ1) is 9.19. The van der Waals surface area contributed by atoms with Gasteiger partial charge in [0.1, 0.15) is 17.4 Å². The molecule has 0 radical (unpaired) electrons. The Labute approximate surface area is 109 Å². The number of rotatable bonds is 3. The zero-order valence-corrected chi connectivity index (χ0v) is 10.2. The van der Waals surface area contributed by atoms with Crippen LogP contribution in [-0.2, 0) is 0 Å². The van der Waals surface area contributed by atoms with Crippen molar-refractivity contribution in [2.45, 2.75) is 0 Å². The van der Waals surface area contributed by atoms with E-state index in [4.69, 9.17) is 4.74 Å². The molecule has 19 heavy (non-hydrogen) atoms. The number of urea groups is 1. The van der Waals surface area contributed by atoms with Gasteiger partial charge in [0.15, 0.2) is 0 Å². The quantitative estimate of drug-likeness (QED) is 0.893. The Morgan fingerprint density at radius 3 is 2.68 bits per heavy atom. The third-order valence-corrected chi connectivity index (χ3v) is 2.32. The molecule has 2 aromatic rings. The Hall–Kier alpha value is -2.63. The second-order valence-corrected chi connectivity index (χ2v) is 3.64. The number of benzene rings is 1. The molecule has 2 amide bonds. The standard InChI is InChI=1S/C13H12FN3O2/c1-19-11-5-3-2-4-10(11)16-13(18)17-12-7-6-9(14)8-15-12/h2-8H,1H3,(H2,15,16,17,18). The number of para-hydroxylation sites is 2. The van der Waals surface area contributed by atoms with Crippen molar-refractivity contribution in [1.29, 1.82) is 0 Å². The molecule has 5 nitrogen and oxygen atoms in total. The number of methoxy groups -OCH3 is 1. The van der Waals surface area contributed by atoms with Gasteiger partial charge in [-0.1, -0.05) is 12.1 Å². The summed E-state index contributed by atoms with van der Waals surface area (Å²) >= 11 is 0. The fourth-order valence-electron chi connectivity index (χ4n) is 1.47. The largest absolute Gasteiger partial charge is 0.495 e. The van der Waals surface area contributed by atoms with Crippen molar-refractivity contribution in [1.82, 2.24) is 4.98 Å². The average Bonchev–Trinajstić information content (AvgIpc) is 2.42. The topological polar surface area (TPSA) is 63.2 Å². The summed E-state index contributed by atoms with van der Waals surface area (Å²) in [6.07, 6.45) is 1.03. The van der Waals surface area contributed by atoms with Gasteiger partial charge in [0.2, 0.25) is 0 Å². The van der Waals surface area contributed by atoms with E-state index in [1.165, 1.54) is 19.2 Å². The summed E-state index contributed by atoms with van der Waals surface area (Å²) < 4.78 is 17.8. The zero-order valence-electron chi connectivity index (χ0n) is 10.2. The first-order valence-corrected chi connectivity index (χ1v) is 5.51. The molecule has 0 saturated heterocycles. The minimum absolute atomic E-state index is 0.258. The lowest BCUT2D eigenvalue weighted by atomic mass is 10.3. The van der Waals surface area contributed by atoms with Crippen LogP contribution < -0.4 is 15.4 Å². The second-order valence-electron chi connectivity index (χ2n) is 3.64. The van der Waals surface area contributed by atoms with E-state index in [1.54, 1.807) is 24.3 Å². The summed E-state index contributed by atoms with van der Waals surface area (Å²) in [5.74, 6) is 0.342. The average molecular weight is 261 g/mol. The van der Waals surface area contributed by atoms with Gasteiger partial charge in [-0.05, 0) is 24.3 Å². The number of anilines is 2. The Balaban J connectivity index is 2.03. The molecular formula is C13H12FN3O2. The smallest absolute Gasteiger partial charge is 0.324 e. The molecule has 1 heterocycles. The molecule has 6 heteroatoms. The number of aromatic nitrogens is 1. The SMILES string of the molecule is COc1ccccc1NC(=O)Nc1ccc(F)cn1. The van der Waals surface area contributed by atoms with Gasteiger partial charge in [0, 0.05) is 0 Å². The number of nitrogens with one attached hydrogen (secondary N) is 2. The molecule has 2 rings (SSSR count). The van der Waals surface area contributed by atoms with E-state index < -0.39 is 11.8 Å². The summed E-state index contributed by atoms with van der Waals surface area (Å²) in [4.78, 5) is 15.4. The normalized spacial score (nSPS) is 9.79. The maximum atomic E-state index is 12.7. The number of nitrogens with zero attached hydrogens (tertiary/aromatic N) is 1. The van der Waals surface area contributed by atoms with Gasteiger partial charge in [-0.2, -0.15) is 0 Å². The van der Waals surface area contributed by atoms with Crippen molar-refractivity contribution in [2.24, 2.45) is 0 Å². The van der Waals surface area contributed by atoms with Crippen LogP contribution in [0.15, 0.2) is 42.6 Å². The lowest BCUT2D eigenvalue weighted by Gasteiger charge is -2.10. The van der Waals surface area contributed by atoms with Crippen LogP contribution in [0, 0.1) is 5.82 Å². The molecular weight excluding hydrogens is 249 g/mol. The highest BCUT2D eigenvalue weighted by molar-refractivity contribution is 6.00. The van der Waals surface area contributed by atoms with Gasteiger partial charge in [-0.15, -0.1) is 0 Å². The van der Waals surface area contributed by atoms with Crippen molar-refractivity contribution in [3.63, 3.8) is 0 Å². The molecule has 0 spiro atoms. The Kier molecular flexibility index (Phi) is 3.92. The molecule has 0 fully saturated rings. The van der Waals surface area contributed by atoms with Crippen molar-refractivity contribution in [3.05, 3.63) is 48.4 Å². The highest BCUT2D eigenvalue weighted by Gasteiger charge is 2.07. The maximum absolute atomic E-state index is 12.7.